The number of nitrogens with one attached hydrogen (secondary N) is 5. The molecule has 416 valence electrons. The molecule has 1 saturated carbocycles. The summed E-state index contributed by atoms with van der Waals surface area (Å²) in [5.41, 5.74) is 5.48. The Bertz CT molecular complexity index is 2060. The van der Waals surface area contributed by atoms with Gasteiger partial charge in [-0.1, -0.05) is 48.5 Å². The second kappa shape index (κ2) is 28.9. The molecule has 2 saturated heterocycles. The third-order valence-electron chi connectivity index (χ3n) is 14.4. The third-order valence-corrected chi connectivity index (χ3v) is 15.7. The highest BCUT2D eigenvalue weighted by Crippen LogP contribution is 2.37. The van der Waals surface area contributed by atoms with Gasteiger partial charge in [-0.25, -0.2) is 13.2 Å². The Morgan fingerprint density at radius 3 is 2.15 bits per heavy atom. The average Bonchev–Trinajstić information content (AvgIpc) is 3.32. The number of nitrogens with two attached hydrogens (primary N) is 1. The monoisotopic (exact) mass is 1060 g/mol. The van der Waals surface area contributed by atoms with E-state index in [9.17, 15) is 61.8 Å². The Morgan fingerprint density at radius 2 is 1.53 bits per heavy atom. The maximum Gasteiger partial charge on any atom is 0.329 e. The Morgan fingerprint density at radius 1 is 0.849 bits per heavy atom. The van der Waals surface area contributed by atoms with Crippen molar-refractivity contribution in [1.82, 2.24) is 30.9 Å². The first-order valence-electron chi connectivity index (χ1n) is 26.2. The summed E-state index contributed by atoms with van der Waals surface area (Å²) < 4.78 is 38.0. The van der Waals surface area contributed by atoms with Gasteiger partial charge in [0.15, 0.2) is 5.78 Å². The lowest BCUT2D eigenvalue weighted by Crippen LogP contribution is -2.61. The van der Waals surface area contributed by atoms with Gasteiger partial charge in [0.1, 0.15) is 24.2 Å². The number of rotatable bonds is 27. The van der Waals surface area contributed by atoms with Crippen molar-refractivity contribution in [2.45, 2.75) is 188 Å². The van der Waals surface area contributed by atoms with Gasteiger partial charge in [0.25, 0.3) is 17.6 Å². The van der Waals surface area contributed by atoms with E-state index in [1.54, 1.807) is 34.6 Å². The van der Waals surface area contributed by atoms with Crippen LogP contribution in [0.15, 0.2) is 0 Å². The molecule has 2 heterocycles. The number of amides is 6. The minimum Gasteiger partial charge on any atom is -0.460 e. The Kier molecular flexibility index (Phi) is 24.8. The number of aliphatic hydroxyl groups is 2. The fourth-order valence-electron chi connectivity index (χ4n) is 9.73. The molecular weight excluding hydrogens is 971 g/mol. The summed E-state index contributed by atoms with van der Waals surface area (Å²) in [6.07, 6.45) is 1.12. The summed E-state index contributed by atoms with van der Waals surface area (Å²) in [5, 5.41) is 32.3. The van der Waals surface area contributed by atoms with Crippen molar-refractivity contribution in [3.63, 3.8) is 0 Å². The molecule has 2 aliphatic heterocycles. The molecule has 9 N–H and O–H groups in total. The molecule has 0 spiro atoms. The largest absolute Gasteiger partial charge is 0.460 e. The number of Topliss-reactive ketones (excluding diaryl/α,β-unsaturated/α-hetero) is 2. The van der Waals surface area contributed by atoms with Crippen LogP contribution >= 0.6 is 0 Å². The van der Waals surface area contributed by atoms with Gasteiger partial charge >= 0.3 is 5.97 Å². The smallest absolute Gasteiger partial charge is 0.329 e. The molecule has 22 nitrogen and oxygen atoms in total. The molecule has 1 aliphatic carbocycles. The van der Waals surface area contributed by atoms with E-state index in [1.165, 1.54) is 13.8 Å². The van der Waals surface area contributed by atoms with Crippen LogP contribution in [-0.2, 0) is 62.6 Å². The van der Waals surface area contributed by atoms with Crippen LogP contribution in [0.4, 0.5) is 0 Å². The van der Waals surface area contributed by atoms with E-state index in [2.05, 4.69) is 21.3 Å². The van der Waals surface area contributed by atoms with E-state index < -0.39 is 135 Å². The molecule has 3 fully saturated rings. The first-order chi connectivity index (χ1) is 34.1. The number of carbonyl (C=O) groups is 9. The number of sulfonamides is 1. The molecule has 6 amide bonds. The number of nitrogens with zero attached hydrogens (tertiary/aromatic N) is 1. The van der Waals surface area contributed by atoms with Crippen LogP contribution in [-0.4, -0.2) is 151 Å². The minimum atomic E-state index is -3.91. The highest BCUT2D eigenvalue weighted by Gasteiger charge is 2.53. The summed E-state index contributed by atoms with van der Waals surface area (Å²) in [6, 6.07) is -3.63. The van der Waals surface area contributed by atoms with Crippen molar-refractivity contribution in [3.8, 4) is 0 Å². The molecule has 0 radical (unpaired) electrons. The van der Waals surface area contributed by atoms with Crippen LogP contribution in [0.1, 0.15) is 146 Å². The lowest BCUT2D eigenvalue weighted by Gasteiger charge is -2.42. The molecule has 0 aromatic carbocycles. The number of hydrogen-bond acceptors (Lipinski definition) is 16. The predicted octanol–water partition coefficient (Wildman–Crippen LogP) is 0.880. The zero-order chi connectivity index (χ0) is 55.0. The highest BCUT2D eigenvalue weighted by molar-refractivity contribution is 7.90. The van der Waals surface area contributed by atoms with Crippen molar-refractivity contribution >= 4 is 63.0 Å². The van der Waals surface area contributed by atoms with Gasteiger partial charge in [0.05, 0.1) is 37.3 Å². The number of piperidine rings is 1. The fourth-order valence-corrected chi connectivity index (χ4v) is 10.3. The maximum absolute atomic E-state index is 14.2. The first-order valence-corrected chi connectivity index (χ1v) is 27.8. The molecule has 3 aliphatic rings. The summed E-state index contributed by atoms with van der Waals surface area (Å²) in [4.78, 5) is 122. The highest BCUT2D eigenvalue weighted by atomic mass is 32.2. The molecule has 23 heteroatoms. The van der Waals surface area contributed by atoms with Gasteiger partial charge in [-0.2, -0.15) is 0 Å². The maximum atomic E-state index is 14.2. The number of carbonyl (C=O) groups excluding carboxylic acids is 9. The second-order valence-corrected chi connectivity index (χ2v) is 23.4. The Labute approximate surface area is 430 Å². The summed E-state index contributed by atoms with van der Waals surface area (Å²) in [6.45, 7) is 15.0. The van der Waals surface area contributed by atoms with Gasteiger partial charge in [-0.05, 0) is 108 Å². The quantitative estimate of drug-likeness (QED) is 0.0418. The molecule has 0 aromatic heterocycles. The van der Waals surface area contributed by atoms with Crippen LogP contribution in [0.5, 0.6) is 0 Å². The van der Waals surface area contributed by atoms with Crippen molar-refractivity contribution in [3.05, 3.63) is 0 Å². The van der Waals surface area contributed by atoms with E-state index in [1.807, 2.05) is 18.6 Å². The molecule has 3 rings (SSSR count). The molecule has 73 heavy (non-hydrogen) atoms. The van der Waals surface area contributed by atoms with E-state index >= 15 is 0 Å². The van der Waals surface area contributed by atoms with Crippen LogP contribution < -0.4 is 31.7 Å². The van der Waals surface area contributed by atoms with Crippen molar-refractivity contribution in [2.24, 2.45) is 47.2 Å². The molecule has 12 atom stereocenters. The SMILES string of the molecule is CCS(=O)(=O)NC(=O)[C@H](CC(C)C)NC(=O)[C@H](C)NC(=O)[C@@H](CC(=O)CNC(=O)C[C@H](OC(=O)[C@@H]1CCCCN1C(=O)C(=O)C1(O)O[C@H](CC(=O)NCCN)CC[C@H]1C)[C@H](C)C[C@@H]1CC[C@@H](O)[C@H](C)C1)C(C)C. The fraction of sp³-hybridized carbons (Fsp3) is 0.820. The number of ketones is 2. The average molecular weight is 1060 g/mol. The van der Waals surface area contributed by atoms with E-state index in [4.69, 9.17) is 15.2 Å². The Balaban J connectivity index is 1.72. The number of hydrogen-bond donors (Lipinski definition) is 8. The number of esters is 1. The van der Waals surface area contributed by atoms with E-state index in [-0.39, 0.29) is 81.7 Å². The van der Waals surface area contributed by atoms with Crippen molar-refractivity contribution in [1.29, 1.82) is 0 Å². The zero-order valence-electron chi connectivity index (χ0n) is 44.4. The van der Waals surface area contributed by atoms with Gasteiger partial charge in [0, 0.05) is 37.9 Å². The lowest BCUT2D eigenvalue weighted by atomic mass is 9.76. The molecule has 0 bridgehead atoms. The van der Waals surface area contributed by atoms with Gasteiger partial charge in [-0.3, -0.25) is 43.1 Å². The summed E-state index contributed by atoms with van der Waals surface area (Å²) in [7, 11) is -3.91. The van der Waals surface area contributed by atoms with Crippen LogP contribution in [0.2, 0.25) is 0 Å². The standard InChI is InChI=1S/C50H85N7O15S/c1-10-73(69,70)56-47(65)38(21-28(2)3)55-45(63)33(9)54-46(64)37(29(4)5)24-35(58)27-53-43(61)26-41(31(7)23-34-15-17-40(59)30(6)22-34)71-49(67)39-13-11-12-20-57(39)48(66)44(62)50(68)32(8)14-16-36(72-50)25-42(60)52-19-18-51/h28-34,36-41,59,68H,10-27,51H2,1-9H3,(H,52,60)(H,53,61)(H,54,64)(H,55,63)(H,56,65)/t30-,31-,32-,33+,34-,36+,37+,38+,39+,40-,41+,50?/m1/s1. The number of ether oxygens (including phenoxy) is 2. The third kappa shape index (κ3) is 19.3. The summed E-state index contributed by atoms with van der Waals surface area (Å²) >= 11 is 0. The first kappa shape index (κ1) is 62.7. The van der Waals surface area contributed by atoms with Gasteiger partial charge < -0.3 is 51.6 Å². The van der Waals surface area contributed by atoms with Gasteiger partial charge in [0.2, 0.25) is 39.4 Å². The topological polar surface area (TPSA) is 336 Å². The number of aliphatic hydroxyl groups excluding tert-OH is 1. The van der Waals surface area contributed by atoms with Crippen LogP contribution in [0.3, 0.4) is 0 Å². The zero-order valence-corrected chi connectivity index (χ0v) is 45.2. The minimum absolute atomic E-state index is 0.00278. The van der Waals surface area contributed by atoms with Crippen molar-refractivity contribution < 1.29 is 71.3 Å². The van der Waals surface area contributed by atoms with Crippen molar-refractivity contribution in [2.75, 3.05) is 31.9 Å². The molecular formula is C50H85N7O15S. The Hall–Kier alpha value is -4.58. The number of likely N-dealkylation sites (tertiary alicyclic amines) is 1. The van der Waals surface area contributed by atoms with Gasteiger partial charge in [-0.15, -0.1) is 0 Å². The van der Waals surface area contributed by atoms with Crippen LogP contribution in [0.25, 0.3) is 0 Å². The lowest BCUT2D eigenvalue weighted by molar-refractivity contribution is -0.262. The van der Waals surface area contributed by atoms with E-state index in [0.29, 0.717) is 44.9 Å². The molecule has 0 aromatic rings. The predicted molar refractivity (Wildman–Crippen MR) is 268 cm³/mol. The molecule has 1 unspecified atom stereocenters. The normalized spacial score (nSPS) is 25.5. The second-order valence-electron chi connectivity index (χ2n) is 21.4. The summed E-state index contributed by atoms with van der Waals surface area (Å²) in [5.74, 6) is -12.6. The van der Waals surface area contributed by atoms with E-state index in [0.717, 1.165) is 4.90 Å². The van der Waals surface area contributed by atoms with Crippen LogP contribution in [0, 0.1) is 41.4 Å².